The van der Waals surface area contributed by atoms with Crippen molar-refractivity contribution in [2.24, 2.45) is 5.73 Å². The molecule has 1 amide bonds. The van der Waals surface area contributed by atoms with E-state index in [2.05, 4.69) is 9.64 Å². The maximum Gasteiger partial charge on any atom is 0.404 e. The summed E-state index contributed by atoms with van der Waals surface area (Å²) in [6.07, 6.45) is 1.65. The zero-order valence-electron chi connectivity index (χ0n) is 8.32. The standard InChI is InChI=1S/C9H18N2O3/c10-9(13)14-7-1-4-11-5-2-8(12)3-6-11/h8,12H,1-7H2,(H2,10,13). The normalized spacial score (nSPS) is 19.5. The number of likely N-dealkylation sites (tertiary alicyclic amines) is 1. The van der Waals surface area contributed by atoms with E-state index in [1.54, 1.807) is 0 Å². The van der Waals surface area contributed by atoms with Gasteiger partial charge >= 0.3 is 6.09 Å². The van der Waals surface area contributed by atoms with Gasteiger partial charge in [0.2, 0.25) is 0 Å². The summed E-state index contributed by atoms with van der Waals surface area (Å²) in [7, 11) is 0. The lowest BCUT2D eigenvalue weighted by atomic mass is 10.1. The van der Waals surface area contributed by atoms with E-state index in [4.69, 9.17) is 5.73 Å². The Morgan fingerprint density at radius 1 is 1.50 bits per heavy atom. The number of carbonyl (C=O) groups excluding carboxylic acids is 1. The SMILES string of the molecule is NC(=O)OCCCN1CCC(O)CC1. The first kappa shape index (κ1) is 11.3. The number of aliphatic hydroxyl groups excluding tert-OH is 1. The number of amides is 1. The van der Waals surface area contributed by atoms with Gasteiger partial charge in [0.15, 0.2) is 0 Å². The van der Waals surface area contributed by atoms with Gasteiger partial charge in [0.05, 0.1) is 12.7 Å². The molecule has 82 valence electrons. The quantitative estimate of drug-likeness (QED) is 0.626. The minimum absolute atomic E-state index is 0.131. The summed E-state index contributed by atoms with van der Waals surface area (Å²) in [5.74, 6) is 0. The second kappa shape index (κ2) is 5.82. The number of hydrogen-bond donors (Lipinski definition) is 2. The number of carbonyl (C=O) groups is 1. The second-order valence-electron chi connectivity index (χ2n) is 3.59. The highest BCUT2D eigenvalue weighted by atomic mass is 16.5. The Hall–Kier alpha value is -0.810. The Morgan fingerprint density at radius 3 is 2.71 bits per heavy atom. The molecule has 0 bridgehead atoms. The maximum atomic E-state index is 10.2. The van der Waals surface area contributed by atoms with Crippen molar-refractivity contribution in [3.63, 3.8) is 0 Å². The summed E-state index contributed by atoms with van der Waals surface area (Å²) in [4.78, 5) is 12.5. The summed E-state index contributed by atoms with van der Waals surface area (Å²) < 4.78 is 4.62. The van der Waals surface area contributed by atoms with Crippen molar-refractivity contribution >= 4 is 6.09 Å². The van der Waals surface area contributed by atoms with Gasteiger partial charge in [0, 0.05) is 19.6 Å². The second-order valence-corrected chi connectivity index (χ2v) is 3.59. The number of aliphatic hydroxyl groups is 1. The van der Waals surface area contributed by atoms with Crippen LogP contribution in [0.2, 0.25) is 0 Å². The molecule has 1 aliphatic heterocycles. The zero-order valence-corrected chi connectivity index (χ0v) is 8.32. The van der Waals surface area contributed by atoms with Gasteiger partial charge in [0.1, 0.15) is 0 Å². The van der Waals surface area contributed by atoms with Gasteiger partial charge < -0.3 is 20.5 Å². The van der Waals surface area contributed by atoms with Crippen molar-refractivity contribution in [1.29, 1.82) is 0 Å². The Bertz CT molecular complexity index is 179. The predicted octanol–water partition coefficient (Wildman–Crippen LogP) is -0.0715. The molecule has 0 aromatic carbocycles. The van der Waals surface area contributed by atoms with Crippen LogP contribution in [0, 0.1) is 0 Å². The van der Waals surface area contributed by atoms with Crippen LogP contribution in [-0.4, -0.2) is 48.4 Å². The van der Waals surface area contributed by atoms with Crippen molar-refractivity contribution in [3.8, 4) is 0 Å². The topological polar surface area (TPSA) is 75.8 Å². The fourth-order valence-electron chi connectivity index (χ4n) is 1.60. The average Bonchev–Trinajstić information content (AvgIpc) is 2.15. The molecule has 0 aromatic rings. The van der Waals surface area contributed by atoms with Crippen LogP contribution in [0.15, 0.2) is 0 Å². The number of nitrogens with two attached hydrogens (primary N) is 1. The monoisotopic (exact) mass is 202 g/mol. The first-order chi connectivity index (χ1) is 6.68. The van der Waals surface area contributed by atoms with E-state index in [-0.39, 0.29) is 6.10 Å². The van der Waals surface area contributed by atoms with Crippen LogP contribution in [0.25, 0.3) is 0 Å². The van der Waals surface area contributed by atoms with E-state index in [1.165, 1.54) is 0 Å². The van der Waals surface area contributed by atoms with Crippen LogP contribution in [0.3, 0.4) is 0 Å². The summed E-state index contributed by atoms with van der Waals surface area (Å²) in [5.41, 5.74) is 4.82. The van der Waals surface area contributed by atoms with Gasteiger partial charge in [-0.25, -0.2) is 4.79 Å². The van der Waals surface area contributed by atoms with E-state index in [1.807, 2.05) is 0 Å². The van der Waals surface area contributed by atoms with Crippen molar-refractivity contribution in [2.45, 2.75) is 25.4 Å². The molecule has 14 heavy (non-hydrogen) atoms. The van der Waals surface area contributed by atoms with E-state index in [0.717, 1.165) is 38.9 Å². The van der Waals surface area contributed by atoms with E-state index in [9.17, 15) is 9.90 Å². The summed E-state index contributed by atoms with van der Waals surface area (Å²) in [6, 6.07) is 0. The molecular weight excluding hydrogens is 184 g/mol. The summed E-state index contributed by atoms with van der Waals surface area (Å²) in [6.45, 7) is 3.14. The Balaban J connectivity index is 1.99. The third-order valence-corrected chi connectivity index (χ3v) is 2.42. The molecule has 0 aliphatic carbocycles. The van der Waals surface area contributed by atoms with E-state index < -0.39 is 6.09 Å². The lowest BCUT2D eigenvalue weighted by molar-refractivity contribution is 0.0780. The third kappa shape index (κ3) is 4.43. The van der Waals surface area contributed by atoms with Gasteiger partial charge in [-0.2, -0.15) is 0 Å². The Labute approximate surface area is 83.8 Å². The molecule has 5 heteroatoms. The molecule has 5 nitrogen and oxygen atoms in total. The van der Waals surface area contributed by atoms with Crippen LogP contribution in [0.1, 0.15) is 19.3 Å². The average molecular weight is 202 g/mol. The Kier molecular flexibility index (Phi) is 4.69. The largest absolute Gasteiger partial charge is 0.450 e. The van der Waals surface area contributed by atoms with Crippen molar-refractivity contribution in [3.05, 3.63) is 0 Å². The number of nitrogens with zero attached hydrogens (tertiary/aromatic N) is 1. The summed E-state index contributed by atoms with van der Waals surface area (Å²) >= 11 is 0. The van der Waals surface area contributed by atoms with Crippen molar-refractivity contribution in [1.82, 2.24) is 4.90 Å². The van der Waals surface area contributed by atoms with E-state index in [0.29, 0.717) is 6.61 Å². The molecule has 1 saturated heterocycles. The van der Waals surface area contributed by atoms with Crippen molar-refractivity contribution < 1.29 is 14.6 Å². The van der Waals surface area contributed by atoms with Crippen molar-refractivity contribution in [2.75, 3.05) is 26.2 Å². The summed E-state index contributed by atoms with van der Waals surface area (Å²) in [5, 5.41) is 9.26. The van der Waals surface area contributed by atoms with Crippen LogP contribution < -0.4 is 5.73 Å². The molecule has 0 spiro atoms. The number of primary amides is 1. The minimum atomic E-state index is -0.709. The molecule has 0 aromatic heterocycles. The fourth-order valence-corrected chi connectivity index (χ4v) is 1.60. The first-order valence-corrected chi connectivity index (χ1v) is 5.01. The molecule has 1 rings (SSSR count). The van der Waals surface area contributed by atoms with Gasteiger partial charge in [-0.1, -0.05) is 0 Å². The molecule has 0 unspecified atom stereocenters. The van der Waals surface area contributed by atoms with Crippen LogP contribution in [-0.2, 0) is 4.74 Å². The van der Waals surface area contributed by atoms with Gasteiger partial charge in [-0.3, -0.25) is 0 Å². The Morgan fingerprint density at radius 2 is 2.14 bits per heavy atom. The van der Waals surface area contributed by atoms with Gasteiger partial charge in [-0.05, 0) is 19.3 Å². The number of ether oxygens (including phenoxy) is 1. The molecule has 0 saturated carbocycles. The lowest BCUT2D eigenvalue weighted by Crippen LogP contribution is -2.36. The van der Waals surface area contributed by atoms with Crippen LogP contribution >= 0.6 is 0 Å². The molecule has 3 N–H and O–H groups in total. The molecule has 1 aliphatic rings. The molecular formula is C9H18N2O3. The molecule has 1 heterocycles. The molecule has 1 fully saturated rings. The number of hydrogen-bond acceptors (Lipinski definition) is 4. The van der Waals surface area contributed by atoms with E-state index >= 15 is 0 Å². The lowest BCUT2D eigenvalue weighted by Gasteiger charge is -2.29. The first-order valence-electron chi connectivity index (χ1n) is 5.01. The zero-order chi connectivity index (χ0) is 10.4. The predicted molar refractivity (Wildman–Crippen MR) is 51.8 cm³/mol. The van der Waals surface area contributed by atoms with Crippen LogP contribution in [0.5, 0.6) is 0 Å². The number of rotatable bonds is 4. The highest BCUT2D eigenvalue weighted by Gasteiger charge is 2.15. The highest BCUT2D eigenvalue weighted by Crippen LogP contribution is 2.09. The molecule has 0 radical (unpaired) electrons. The fraction of sp³-hybridized carbons (Fsp3) is 0.889. The smallest absolute Gasteiger partial charge is 0.404 e. The maximum absolute atomic E-state index is 10.2. The highest BCUT2D eigenvalue weighted by molar-refractivity contribution is 5.64. The van der Waals surface area contributed by atoms with Gasteiger partial charge in [0.25, 0.3) is 0 Å². The van der Waals surface area contributed by atoms with Gasteiger partial charge in [-0.15, -0.1) is 0 Å². The minimum Gasteiger partial charge on any atom is -0.450 e. The number of piperidine rings is 1. The van der Waals surface area contributed by atoms with Crippen LogP contribution in [0.4, 0.5) is 4.79 Å². The molecule has 0 atom stereocenters. The third-order valence-electron chi connectivity index (χ3n) is 2.42.